The van der Waals surface area contributed by atoms with Gasteiger partial charge in [-0.1, -0.05) is 68.8 Å². The second kappa shape index (κ2) is 13.6. The Hall–Kier alpha value is -2.43. The molecular formula is C31H42O4. The Balaban J connectivity index is 1.75. The Kier molecular flexibility index (Phi) is 10.6. The summed E-state index contributed by atoms with van der Waals surface area (Å²) in [5, 5.41) is 18.8. The van der Waals surface area contributed by atoms with E-state index in [4.69, 9.17) is 4.74 Å². The highest BCUT2D eigenvalue weighted by atomic mass is 16.5. The highest BCUT2D eigenvalue weighted by Gasteiger charge is 2.20. The molecule has 35 heavy (non-hydrogen) atoms. The molecule has 0 atom stereocenters. The van der Waals surface area contributed by atoms with Crippen molar-refractivity contribution < 1.29 is 19.7 Å². The SMILES string of the molecule is C=C(C)C(=O)OCCCc1cc(CCC(CO)CO)ccc1-c1ccc(C2CCC(C)CC2)cc1. The van der Waals surface area contributed by atoms with E-state index in [9.17, 15) is 15.0 Å². The third-order valence-corrected chi connectivity index (χ3v) is 7.41. The van der Waals surface area contributed by atoms with Crippen LogP contribution in [-0.2, 0) is 22.4 Å². The third kappa shape index (κ3) is 8.05. The average Bonchev–Trinajstić information content (AvgIpc) is 2.87. The molecule has 1 aliphatic rings. The zero-order valence-electron chi connectivity index (χ0n) is 21.5. The van der Waals surface area contributed by atoms with E-state index in [-0.39, 0.29) is 25.1 Å². The molecule has 0 radical (unpaired) electrons. The average molecular weight is 479 g/mol. The minimum Gasteiger partial charge on any atom is -0.462 e. The van der Waals surface area contributed by atoms with E-state index in [0.717, 1.165) is 31.6 Å². The van der Waals surface area contributed by atoms with Crippen molar-refractivity contribution in [2.75, 3.05) is 19.8 Å². The fourth-order valence-corrected chi connectivity index (χ4v) is 4.98. The van der Waals surface area contributed by atoms with Gasteiger partial charge in [-0.05, 0) is 85.1 Å². The second-order valence-corrected chi connectivity index (χ2v) is 10.4. The second-order valence-electron chi connectivity index (χ2n) is 10.4. The number of esters is 1. The van der Waals surface area contributed by atoms with Crippen molar-refractivity contribution in [1.29, 1.82) is 0 Å². The zero-order valence-corrected chi connectivity index (χ0v) is 21.5. The molecule has 0 amide bonds. The summed E-state index contributed by atoms with van der Waals surface area (Å²) in [6, 6.07) is 15.7. The number of aliphatic hydroxyl groups excluding tert-OH is 2. The molecule has 0 unspecified atom stereocenters. The van der Waals surface area contributed by atoms with Crippen LogP contribution in [0.5, 0.6) is 0 Å². The summed E-state index contributed by atoms with van der Waals surface area (Å²) in [4.78, 5) is 11.7. The van der Waals surface area contributed by atoms with Gasteiger partial charge in [0.25, 0.3) is 0 Å². The van der Waals surface area contributed by atoms with Crippen molar-refractivity contribution in [3.05, 3.63) is 71.3 Å². The molecule has 0 heterocycles. The highest BCUT2D eigenvalue weighted by Crippen LogP contribution is 2.36. The van der Waals surface area contributed by atoms with Gasteiger partial charge in [0.05, 0.1) is 6.61 Å². The van der Waals surface area contributed by atoms with Crippen LogP contribution in [0, 0.1) is 11.8 Å². The van der Waals surface area contributed by atoms with Crippen molar-refractivity contribution in [1.82, 2.24) is 0 Å². The normalized spacial score (nSPS) is 18.0. The molecule has 0 aromatic heterocycles. The van der Waals surface area contributed by atoms with Gasteiger partial charge in [-0.3, -0.25) is 0 Å². The molecule has 2 N–H and O–H groups in total. The van der Waals surface area contributed by atoms with Crippen molar-refractivity contribution in [2.24, 2.45) is 11.8 Å². The number of rotatable bonds is 12. The monoisotopic (exact) mass is 478 g/mol. The zero-order chi connectivity index (χ0) is 25.2. The molecule has 0 bridgehead atoms. The predicted molar refractivity (Wildman–Crippen MR) is 142 cm³/mol. The van der Waals surface area contributed by atoms with Gasteiger partial charge in [-0.25, -0.2) is 4.79 Å². The first-order valence-corrected chi connectivity index (χ1v) is 13.2. The molecule has 1 fully saturated rings. The lowest BCUT2D eigenvalue weighted by Gasteiger charge is -2.26. The van der Waals surface area contributed by atoms with Crippen molar-refractivity contribution in [3.63, 3.8) is 0 Å². The molecule has 0 aliphatic heterocycles. The maximum Gasteiger partial charge on any atom is 0.333 e. The van der Waals surface area contributed by atoms with E-state index in [0.29, 0.717) is 18.1 Å². The Bertz CT molecular complexity index is 950. The molecule has 4 nitrogen and oxygen atoms in total. The van der Waals surface area contributed by atoms with Crippen LogP contribution in [0.15, 0.2) is 54.6 Å². The topological polar surface area (TPSA) is 66.8 Å². The molecule has 4 heteroatoms. The van der Waals surface area contributed by atoms with Crippen LogP contribution in [0.4, 0.5) is 0 Å². The number of aliphatic hydroxyl groups is 2. The summed E-state index contributed by atoms with van der Waals surface area (Å²) in [6.45, 7) is 8.03. The molecule has 2 aromatic rings. The molecular weight excluding hydrogens is 436 g/mol. The van der Waals surface area contributed by atoms with E-state index in [2.05, 4.69) is 56.0 Å². The van der Waals surface area contributed by atoms with E-state index in [1.54, 1.807) is 6.92 Å². The standard InChI is InChI=1S/C31H42O4/c1-22(2)31(34)35-18-4-5-29-19-24(8-9-25(20-32)21-33)10-17-30(29)28-15-13-27(14-16-28)26-11-6-23(3)7-12-26/h10,13-17,19,23,25-26,32-33H,1,4-9,11-12,18,20-21H2,2-3H3. The first-order chi connectivity index (χ1) is 16.9. The van der Waals surface area contributed by atoms with Crippen molar-refractivity contribution >= 4 is 5.97 Å². The van der Waals surface area contributed by atoms with Crippen LogP contribution < -0.4 is 0 Å². The number of aryl methyl sites for hydroxylation is 2. The molecule has 0 saturated heterocycles. The Morgan fingerprint density at radius 3 is 2.34 bits per heavy atom. The quantitative estimate of drug-likeness (QED) is 0.215. The fraction of sp³-hybridized carbons (Fsp3) is 0.516. The molecule has 2 aromatic carbocycles. The third-order valence-electron chi connectivity index (χ3n) is 7.41. The maximum absolute atomic E-state index is 11.7. The van der Waals surface area contributed by atoms with Crippen LogP contribution in [-0.4, -0.2) is 36.0 Å². The Labute approximate surface area is 211 Å². The number of carbonyl (C=O) groups is 1. The Morgan fingerprint density at radius 2 is 1.71 bits per heavy atom. The molecule has 0 spiro atoms. The largest absolute Gasteiger partial charge is 0.462 e. The fourth-order valence-electron chi connectivity index (χ4n) is 4.98. The summed E-state index contributed by atoms with van der Waals surface area (Å²) in [5.74, 6) is 1.10. The van der Waals surface area contributed by atoms with Gasteiger partial charge in [0.15, 0.2) is 0 Å². The van der Waals surface area contributed by atoms with E-state index < -0.39 is 0 Å². The summed E-state index contributed by atoms with van der Waals surface area (Å²) >= 11 is 0. The molecule has 190 valence electrons. The molecule has 1 aliphatic carbocycles. The van der Waals surface area contributed by atoms with Gasteiger partial charge in [-0.15, -0.1) is 0 Å². The van der Waals surface area contributed by atoms with Gasteiger partial charge in [0, 0.05) is 24.7 Å². The van der Waals surface area contributed by atoms with Gasteiger partial charge >= 0.3 is 5.97 Å². The van der Waals surface area contributed by atoms with Crippen LogP contribution >= 0.6 is 0 Å². The molecule has 3 rings (SSSR count). The summed E-state index contributed by atoms with van der Waals surface area (Å²) in [6.07, 6.45) is 8.31. The maximum atomic E-state index is 11.7. The molecule has 1 saturated carbocycles. The lowest BCUT2D eigenvalue weighted by Crippen LogP contribution is -2.12. The first-order valence-electron chi connectivity index (χ1n) is 13.2. The number of hydrogen-bond donors (Lipinski definition) is 2. The Morgan fingerprint density at radius 1 is 1.03 bits per heavy atom. The highest BCUT2D eigenvalue weighted by molar-refractivity contribution is 5.86. The van der Waals surface area contributed by atoms with Crippen LogP contribution in [0.2, 0.25) is 0 Å². The number of carbonyl (C=O) groups excluding carboxylic acids is 1. The smallest absolute Gasteiger partial charge is 0.333 e. The lowest BCUT2D eigenvalue weighted by molar-refractivity contribution is -0.139. The van der Waals surface area contributed by atoms with E-state index in [1.807, 2.05) is 0 Å². The van der Waals surface area contributed by atoms with Crippen molar-refractivity contribution in [3.8, 4) is 11.1 Å². The van der Waals surface area contributed by atoms with E-state index >= 15 is 0 Å². The first kappa shape index (κ1) is 27.2. The predicted octanol–water partition coefficient (Wildman–Crippen LogP) is 6.23. The summed E-state index contributed by atoms with van der Waals surface area (Å²) in [5.41, 5.74) is 6.72. The van der Waals surface area contributed by atoms with Gasteiger partial charge in [-0.2, -0.15) is 0 Å². The number of ether oxygens (including phenoxy) is 1. The van der Waals surface area contributed by atoms with Gasteiger partial charge < -0.3 is 14.9 Å². The number of hydrogen-bond acceptors (Lipinski definition) is 4. The summed E-state index contributed by atoms with van der Waals surface area (Å²) < 4.78 is 5.31. The summed E-state index contributed by atoms with van der Waals surface area (Å²) in [7, 11) is 0. The van der Waals surface area contributed by atoms with Crippen LogP contribution in [0.25, 0.3) is 11.1 Å². The van der Waals surface area contributed by atoms with Gasteiger partial charge in [0.1, 0.15) is 0 Å². The lowest BCUT2D eigenvalue weighted by atomic mass is 9.79. The van der Waals surface area contributed by atoms with E-state index in [1.165, 1.54) is 53.5 Å². The van der Waals surface area contributed by atoms with Crippen LogP contribution in [0.3, 0.4) is 0 Å². The number of benzene rings is 2. The van der Waals surface area contributed by atoms with Crippen LogP contribution in [0.1, 0.15) is 75.0 Å². The minimum absolute atomic E-state index is 0.00177. The van der Waals surface area contributed by atoms with Crippen molar-refractivity contribution in [2.45, 2.75) is 71.1 Å². The minimum atomic E-state index is -0.342. The van der Waals surface area contributed by atoms with Gasteiger partial charge in [0.2, 0.25) is 0 Å².